The van der Waals surface area contributed by atoms with Gasteiger partial charge in [0.25, 0.3) is 0 Å². The molecule has 3 unspecified atom stereocenters. The van der Waals surface area contributed by atoms with E-state index < -0.39 is 0 Å². The number of aromatic nitrogens is 2. The Bertz CT molecular complexity index is 379. The summed E-state index contributed by atoms with van der Waals surface area (Å²) < 4.78 is 7.41. The summed E-state index contributed by atoms with van der Waals surface area (Å²) >= 11 is 0. The number of piperidine rings is 1. The van der Waals surface area contributed by atoms with Gasteiger partial charge >= 0.3 is 0 Å². The summed E-state index contributed by atoms with van der Waals surface area (Å²) in [5.74, 6) is 1.56. The van der Waals surface area contributed by atoms with Gasteiger partial charge in [0.2, 0.25) is 5.95 Å². The third-order valence-corrected chi connectivity index (χ3v) is 3.79. The van der Waals surface area contributed by atoms with Crippen molar-refractivity contribution < 1.29 is 4.74 Å². The maximum atomic E-state index is 6.07. The summed E-state index contributed by atoms with van der Waals surface area (Å²) in [5, 5.41) is 0. The first-order valence-electron chi connectivity index (χ1n) is 6.65. The van der Waals surface area contributed by atoms with Gasteiger partial charge in [0.15, 0.2) is 0 Å². The van der Waals surface area contributed by atoms with Crippen molar-refractivity contribution >= 4 is 5.95 Å². The molecule has 102 valence electrons. The fourth-order valence-electron chi connectivity index (χ4n) is 2.56. The molecule has 1 fully saturated rings. The van der Waals surface area contributed by atoms with Crippen LogP contribution in [0.5, 0.6) is 0 Å². The first-order valence-corrected chi connectivity index (χ1v) is 6.65. The number of hydrogen-bond acceptors (Lipinski definition) is 4. The molecule has 0 spiro atoms. The Morgan fingerprint density at radius 2 is 2.39 bits per heavy atom. The van der Waals surface area contributed by atoms with Crippen molar-refractivity contribution in [3.8, 4) is 0 Å². The van der Waals surface area contributed by atoms with Gasteiger partial charge in [-0.25, -0.2) is 4.98 Å². The molecule has 0 saturated carbocycles. The van der Waals surface area contributed by atoms with Gasteiger partial charge in [-0.1, -0.05) is 6.92 Å². The van der Waals surface area contributed by atoms with Gasteiger partial charge < -0.3 is 19.9 Å². The molecule has 1 aromatic heterocycles. The topological polar surface area (TPSA) is 56.3 Å². The van der Waals surface area contributed by atoms with Crippen molar-refractivity contribution in [2.75, 3.05) is 31.7 Å². The second-order valence-electron chi connectivity index (χ2n) is 5.31. The molecule has 0 amide bonds. The zero-order valence-corrected chi connectivity index (χ0v) is 11.5. The molecule has 1 aliphatic heterocycles. The van der Waals surface area contributed by atoms with E-state index in [1.54, 1.807) is 7.11 Å². The molecule has 3 atom stereocenters. The smallest absolute Gasteiger partial charge is 0.205 e. The molecule has 1 aromatic rings. The van der Waals surface area contributed by atoms with Gasteiger partial charge in [-0.05, 0) is 19.3 Å². The largest absolute Gasteiger partial charge is 0.383 e. The highest BCUT2D eigenvalue weighted by molar-refractivity contribution is 5.33. The van der Waals surface area contributed by atoms with Crippen LogP contribution in [0.3, 0.4) is 0 Å². The molecule has 2 rings (SSSR count). The zero-order chi connectivity index (χ0) is 13.1. The van der Waals surface area contributed by atoms with Crippen LogP contribution in [0.1, 0.15) is 26.3 Å². The van der Waals surface area contributed by atoms with Crippen LogP contribution in [0.25, 0.3) is 0 Å². The molecule has 0 bridgehead atoms. The predicted octanol–water partition coefficient (Wildman–Crippen LogP) is 1.26. The third kappa shape index (κ3) is 2.67. The Morgan fingerprint density at radius 3 is 3.06 bits per heavy atom. The molecular formula is C13H24N4O. The fraction of sp³-hybridized carbons (Fsp3) is 0.769. The standard InChI is InChI=1S/C13H24N4O/c1-10-8-16(6-4-12(10)14)13-15-5-7-17(13)11(2)9-18-3/h5,7,10-12H,4,6,8-9,14H2,1-3H3. The van der Waals surface area contributed by atoms with E-state index in [9.17, 15) is 0 Å². The maximum Gasteiger partial charge on any atom is 0.205 e. The van der Waals surface area contributed by atoms with Crippen LogP contribution in [-0.4, -0.2) is 42.4 Å². The van der Waals surface area contributed by atoms with E-state index in [-0.39, 0.29) is 0 Å². The lowest BCUT2D eigenvalue weighted by atomic mass is 9.95. The molecule has 0 aliphatic carbocycles. The average Bonchev–Trinajstić information content (AvgIpc) is 2.82. The number of imidazole rings is 1. The first kappa shape index (κ1) is 13.4. The van der Waals surface area contributed by atoms with Gasteiger partial charge in [-0.3, -0.25) is 0 Å². The van der Waals surface area contributed by atoms with Crippen LogP contribution in [0, 0.1) is 5.92 Å². The molecular weight excluding hydrogens is 228 g/mol. The van der Waals surface area contributed by atoms with Gasteiger partial charge in [-0.2, -0.15) is 0 Å². The van der Waals surface area contributed by atoms with Crippen molar-refractivity contribution in [2.24, 2.45) is 11.7 Å². The molecule has 18 heavy (non-hydrogen) atoms. The number of hydrogen-bond donors (Lipinski definition) is 1. The minimum Gasteiger partial charge on any atom is -0.383 e. The number of nitrogens with two attached hydrogens (primary N) is 1. The van der Waals surface area contributed by atoms with Crippen molar-refractivity contribution in [3.63, 3.8) is 0 Å². The summed E-state index contributed by atoms with van der Waals surface area (Å²) in [6.07, 6.45) is 4.92. The van der Waals surface area contributed by atoms with Crippen molar-refractivity contribution in [2.45, 2.75) is 32.4 Å². The van der Waals surface area contributed by atoms with E-state index in [1.807, 2.05) is 12.4 Å². The first-order chi connectivity index (χ1) is 8.63. The zero-order valence-electron chi connectivity index (χ0n) is 11.5. The summed E-state index contributed by atoms with van der Waals surface area (Å²) in [7, 11) is 1.73. The molecule has 2 N–H and O–H groups in total. The quantitative estimate of drug-likeness (QED) is 0.876. The fourth-order valence-corrected chi connectivity index (χ4v) is 2.56. The van der Waals surface area contributed by atoms with Gasteiger partial charge in [0.1, 0.15) is 0 Å². The van der Waals surface area contributed by atoms with E-state index in [4.69, 9.17) is 10.5 Å². The van der Waals surface area contributed by atoms with Crippen LogP contribution in [0.4, 0.5) is 5.95 Å². The predicted molar refractivity (Wildman–Crippen MR) is 72.8 cm³/mol. The Hall–Kier alpha value is -1.07. The second kappa shape index (κ2) is 5.71. The van der Waals surface area contributed by atoms with Crippen LogP contribution >= 0.6 is 0 Å². The number of anilines is 1. The molecule has 1 saturated heterocycles. The molecule has 2 heterocycles. The van der Waals surface area contributed by atoms with Crippen LogP contribution in [-0.2, 0) is 4.74 Å². The highest BCUT2D eigenvalue weighted by atomic mass is 16.5. The molecule has 5 heteroatoms. The third-order valence-electron chi connectivity index (χ3n) is 3.79. The van der Waals surface area contributed by atoms with E-state index in [1.165, 1.54) is 0 Å². The lowest BCUT2D eigenvalue weighted by molar-refractivity contribution is 0.162. The lowest BCUT2D eigenvalue weighted by Crippen LogP contribution is -2.47. The molecule has 0 radical (unpaired) electrons. The highest BCUT2D eigenvalue weighted by Gasteiger charge is 2.26. The molecule has 0 aromatic carbocycles. The van der Waals surface area contributed by atoms with Gasteiger partial charge in [0.05, 0.1) is 12.6 Å². The maximum absolute atomic E-state index is 6.07. The number of methoxy groups -OCH3 is 1. The Morgan fingerprint density at radius 1 is 1.61 bits per heavy atom. The lowest BCUT2D eigenvalue weighted by Gasteiger charge is -2.36. The summed E-state index contributed by atoms with van der Waals surface area (Å²) in [4.78, 5) is 6.83. The van der Waals surface area contributed by atoms with E-state index in [0.29, 0.717) is 24.6 Å². The van der Waals surface area contributed by atoms with Crippen molar-refractivity contribution in [1.82, 2.24) is 9.55 Å². The Kier molecular flexibility index (Phi) is 4.24. The SMILES string of the molecule is COCC(C)n1ccnc1N1CCC(N)C(C)C1. The Balaban J connectivity index is 2.11. The van der Waals surface area contributed by atoms with E-state index in [2.05, 4.69) is 28.3 Å². The van der Waals surface area contributed by atoms with Gasteiger partial charge in [-0.15, -0.1) is 0 Å². The van der Waals surface area contributed by atoms with Crippen LogP contribution in [0.15, 0.2) is 12.4 Å². The minimum atomic E-state index is 0.304. The summed E-state index contributed by atoms with van der Waals surface area (Å²) in [5.41, 5.74) is 6.07. The second-order valence-corrected chi connectivity index (χ2v) is 5.31. The normalized spacial score (nSPS) is 26.3. The monoisotopic (exact) mass is 252 g/mol. The van der Waals surface area contributed by atoms with Crippen molar-refractivity contribution in [3.05, 3.63) is 12.4 Å². The van der Waals surface area contributed by atoms with Crippen molar-refractivity contribution in [1.29, 1.82) is 0 Å². The number of rotatable bonds is 4. The minimum absolute atomic E-state index is 0.304. The van der Waals surface area contributed by atoms with Crippen LogP contribution in [0.2, 0.25) is 0 Å². The summed E-state index contributed by atoms with van der Waals surface area (Å²) in [6.45, 7) is 7.03. The Labute approximate surface area is 109 Å². The molecule has 1 aliphatic rings. The van der Waals surface area contributed by atoms with E-state index in [0.717, 1.165) is 25.5 Å². The summed E-state index contributed by atoms with van der Waals surface area (Å²) in [6, 6.07) is 0.625. The van der Waals surface area contributed by atoms with E-state index >= 15 is 0 Å². The van der Waals surface area contributed by atoms with Crippen LogP contribution < -0.4 is 10.6 Å². The number of ether oxygens (including phenoxy) is 1. The average molecular weight is 252 g/mol. The highest BCUT2D eigenvalue weighted by Crippen LogP contribution is 2.23. The molecule has 5 nitrogen and oxygen atoms in total. The van der Waals surface area contributed by atoms with Gasteiger partial charge in [0, 0.05) is 38.6 Å². The number of nitrogens with zero attached hydrogens (tertiary/aromatic N) is 3.